The smallest absolute Gasteiger partial charge is 0.407 e. The van der Waals surface area contributed by atoms with Crippen molar-refractivity contribution >= 4 is 12.1 Å². The van der Waals surface area contributed by atoms with Crippen LogP contribution in [0.4, 0.5) is 4.79 Å². The van der Waals surface area contributed by atoms with E-state index < -0.39 is 18.1 Å². The van der Waals surface area contributed by atoms with Crippen molar-refractivity contribution in [3.63, 3.8) is 0 Å². The van der Waals surface area contributed by atoms with Crippen LogP contribution in [-0.2, 0) is 19.0 Å². The highest BCUT2D eigenvalue weighted by Gasteiger charge is 2.48. The van der Waals surface area contributed by atoms with E-state index in [9.17, 15) is 9.59 Å². The lowest BCUT2D eigenvalue weighted by Gasteiger charge is -2.33. The molecule has 1 saturated heterocycles. The topological polar surface area (TPSA) is 73.9 Å². The van der Waals surface area contributed by atoms with Crippen molar-refractivity contribution in [1.82, 2.24) is 5.32 Å². The molecular formula is C12H19NO5. The second-order valence-electron chi connectivity index (χ2n) is 4.93. The number of rotatable bonds is 3. The highest BCUT2D eigenvalue weighted by molar-refractivity contribution is 5.81. The summed E-state index contributed by atoms with van der Waals surface area (Å²) in [5.74, 6) is -0.511. The number of carbonyl (C=O) groups excluding carboxylic acids is 2. The number of esters is 1. The molecule has 0 aromatic carbocycles. The molecule has 18 heavy (non-hydrogen) atoms. The molecule has 0 aromatic rings. The Balaban J connectivity index is 1.95. The molecule has 1 saturated carbocycles. The molecule has 0 radical (unpaired) electrons. The number of ether oxygens (including phenoxy) is 3. The van der Waals surface area contributed by atoms with Crippen molar-refractivity contribution in [2.24, 2.45) is 5.92 Å². The summed E-state index contributed by atoms with van der Waals surface area (Å²) in [4.78, 5) is 22.9. The minimum atomic E-state index is -0.696. The van der Waals surface area contributed by atoms with Crippen molar-refractivity contribution in [2.75, 3.05) is 20.8 Å². The Labute approximate surface area is 106 Å². The normalized spacial score (nSPS) is 26.2. The van der Waals surface area contributed by atoms with Gasteiger partial charge in [0.25, 0.3) is 0 Å². The lowest BCUT2D eigenvalue weighted by atomic mass is 9.90. The maximum Gasteiger partial charge on any atom is 0.407 e. The van der Waals surface area contributed by atoms with Crippen molar-refractivity contribution < 1.29 is 23.8 Å². The number of alkyl carbamates (subject to hydrolysis) is 1. The van der Waals surface area contributed by atoms with Gasteiger partial charge in [-0.05, 0) is 25.7 Å². The van der Waals surface area contributed by atoms with E-state index in [0.29, 0.717) is 6.61 Å². The lowest BCUT2D eigenvalue weighted by Crippen LogP contribution is -2.49. The van der Waals surface area contributed by atoms with Crippen LogP contribution in [0.1, 0.15) is 25.7 Å². The van der Waals surface area contributed by atoms with Gasteiger partial charge in [-0.2, -0.15) is 0 Å². The van der Waals surface area contributed by atoms with Gasteiger partial charge in [0.15, 0.2) is 0 Å². The highest BCUT2D eigenvalue weighted by atomic mass is 16.5. The van der Waals surface area contributed by atoms with Gasteiger partial charge in [0.05, 0.1) is 26.4 Å². The Kier molecular flexibility index (Phi) is 3.75. The predicted molar refractivity (Wildman–Crippen MR) is 62.0 cm³/mol. The Bertz CT molecular complexity index is 329. The summed E-state index contributed by atoms with van der Waals surface area (Å²) in [6, 6.07) is -0.696. The van der Waals surface area contributed by atoms with Crippen molar-refractivity contribution in [3.8, 4) is 0 Å². The lowest BCUT2D eigenvalue weighted by molar-refractivity contribution is -0.147. The van der Waals surface area contributed by atoms with Crippen LogP contribution in [0.3, 0.4) is 0 Å². The maximum absolute atomic E-state index is 11.7. The standard InChI is InChI=1S/C12H19NO5/c1-16-10(14)9(13-11(15)17-2)8-3-4-12(5-6-12)18-7-8/h8-9H,3-7H2,1-2H3,(H,13,15). The fraction of sp³-hybridized carbons (Fsp3) is 0.833. The number of carbonyl (C=O) groups is 2. The van der Waals surface area contributed by atoms with Crippen molar-refractivity contribution in [2.45, 2.75) is 37.3 Å². The van der Waals surface area contributed by atoms with Gasteiger partial charge in [-0.3, -0.25) is 0 Å². The summed E-state index contributed by atoms with van der Waals surface area (Å²) >= 11 is 0. The minimum Gasteiger partial charge on any atom is -0.467 e. The molecule has 102 valence electrons. The second-order valence-corrected chi connectivity index (χ2v) is 4.93. The summed E-state index contributed by atoms with van der Waals surface area (Å²) in [6.45, 7) is 0.476. The third kappa shape index (κ3) is 2.75. The van der Waals surface area contributed by atoms with E-state index in [1.165, 1.54) is 14.2 Å². The quantitative estimate of drug-likeness (QED) is 0.758. The van der Waals surface area contributed by atoms with Crippen LogP contribution in [0.15, 0.2) is 0 Å². The third-order valence-electron chi connectivity index (χ3n) is 3.77. The molecule has 1 N–H and O–H groups in total. The van der Waals surface area contributed by atoms with Crippen LogP contribution in [-0.4, -0.2) is 44.5 Å². The molecule has 1 aliphatic carbocycles. The van der Waals surface area contributed by atoms with Gasteiger partial charge in [-0.25, -0.2) is 9.59 Å². The molecule has 6 heteroatoms. The molecule has 1 amide bonds. The summed E-state index contributed by atoms with van der Waals surface area (Å²) in [5.41, 5.74) is 0.0719. The van der Waals surface area contributed by atoms with E-state index >= 15 is 0 Å². The van der Waals surface area contributed by atoms with E-state index in [4.69, 9.17) is 9.47 Å². The molecule has 2 unspecified atom stereocenters. The fourth-order valence-corrected chi connectivity index (χ4v) is 2.37. The first-order valence-electron chi connectivity index (χ1n) is 6.16. The third-order valence-corrected chi connectivity index (χ3v) is 3.77. The van der Waals surface area contributed by atoms with Crippen LogP contribution >= 0.6 is 0 Å². The zero-order chi connectivity index (χ0) is 13.2. The number of methoxy groups -OCH3 is 2. The SMILES string of the molecule is COC(=O)NC(C(=O)OC)C1CCC2(CC2)OC1. The van der Waals surface area contributed by atoms with Crippen LogP contribution in [0.25, 0.3) is 0 Å². The first-order chi connectivity index (χ1) is 8.60. The summed E-state index contributed by atoms with van der Waals surface area (Å²) in [5, 5.41) is 2.52. The average Bonchev–Trinajstić information content (AvgIpc) is 3.15. The van der Waals surface area contributed by atoms with Gasteiger partial charge in [0, 0.05) is 5.92 Å². The second kappa shape index (κ2) is 5.14. The summed E-state index contributed by atoms with van der Waals surface area (Å²) < 4.78 is 15.0. The molecule has 6 nitrogen and oxygen atoms in total. The van der Waals surface area contributed by atoms with E-state index in [-0.39, 0.29) is 11.5 Å². The molecule has 0 aromatic heterocycles. The Morgan fingerprint density at radius 1 is 1.28 bits per heavy atom. The average molecular weight is 257 g/mol. The maximum atomic E-state index is 11.7. The first kappa shape index (κ1) is 13.1. The summed E-state index contributed by atoms with van der Waals surface area (Å²) in [7, 11) is 2.57. The van der Waals surface area contributed by atoms with E-state index in [1.807, 2.05) is 0 Å². The largest absolute Gasteiger partial charge is 0.467 e. The number of nitrogens with one attached hydrogen (secondary N) is 1. The van der Waals surface area contributed by atoms with E-state index in [2.05, 4.69) is 10.1 Å². The molecule has 2 fully saturated rings. The van der Waals surface area contributed by atoms with Gasteiger partial charge >= 0.3 is 12.1 Å². The summed E-state index contributed by atoms with van der Waals surface area (Å²) in [6.07, 6.45) is 3.37. The molecule has 2 atom stereocenters. The Morgan fingerprint density at radius 2 is 2.00 bits per heavy atom. The first-order valence-corrected chi connectivity index (χ1v) is 6.16. The van der Waals surface area contributed by atoms with Crippen molar-refractivity contribution in [3.05, 3.63) is 0 Å². The number of amides is 1. The molecule has 0 bridgehead atoms. The Hall–Kier alpha value is -1.30. The van der Waals surface area contributed by atoms with Crippen LogP contribution in [0, 0.1) is 5.92 Å². The van der Waals surface area contributed by atoms with Crippen LogP contribution in [0.2, 0.25) is 0 Å². The predicted octanol–water partition coefficient (Wildman–Crippen LogP) is 0.843. The monoisotopic (exact) mass is 257 g/mol. The van der Waals surface area contributed by atoms with Crippen LogP contribution < -0.4 is 5.32 Å². The van der Waals surface area contributed by atoms with Crippen molar-refractivity contribution in [1.29, 1.82) is 0 Å². The van der Waals surface area contributed by atoms with Gasteiger partial charge in [-0.15, -0.1) is 0 Å². The molecule has 2 rings (SSSR count). The van der Waals surface area contributed by atoms with E-state index in [0.717, 1.165) is 25.7 Å². The molecule has 1 heterocycles. The van der Waals surface area contributed by atoms with Gasteiger partial charge < -0.3 is 19.5 Å². The number of hydrogen-bond acceptors (Lipinski definition) is 5. The highest BCUT2D eigenvalue weighted by Crippen LogP contribution is 2.47. The molecule has 2 aliphatic rings. The van der Waals surface area contributed by atoms with Gasteiger partial charge in [-0.1, -0.05) is 0 Å². The van der Waals surface area contributed by atoms with Gasteiger partial charge in [0.2, 0.25) is 0 Å². The van der Waals surface area contributed by atoms with E-state index in [1.54, 1.807) is 0 Å². The number of hydrogen-bond donors (Lipinski definition) is 1. The van der Waals surface area contributed by atoms with Crippen LogP contribution in [0.5, 0.6) is 0 Å². The molecular weight excluding hydrogens is 238 g/mol. The molecule has 1 aliphatic heterocycles. The minimum absolute atomic E-state index is 0.0530. The Morgan fingerprint density at radius 3 is 2.44 bits per heavy atom. The fourth-order valence-electron chi connectivity index (χ4n) is 2.37. The zero-order valence-corrected chi connectivity index (χ0v) is 10.7. The zero-order valence-electron chi connectivity index (χ0n) is 10.7. The molecule has 1 spiro atoms. The van der Waals surface area contributed by atoms with Gasteiger partial charge in [0.1, 0.15) is 6.04 Å².